The lowest BCUT2D eigenvalue weighted by Crippen LogP contribution is -2.40. The molecular formula is C20H28N2O3. The van der Waals surface area contributed by atoms with E-state index in [1.807, 2.05) is 43.1 Å². The van der Waals surface area contributed by atoms with Gasteiger partial charge in [0, 0.05) is 18.7 Å². The van der Waals surface area contributed by atoms with Gasteiger partial charge in [-0.1, -0.05) is 12.1 Å². The zero-order valence-corrected chi connectivity index (χ0v) is 15.2. The summed E-state index contributed by atoms with van der Waals surface area (Å²) in [6, 6.07) is 5.80. The molecule has 0 unspecified atom stereocenters. The average Bonchev–Trinajstić information content (AvgIpc) is 2.66. The zero-order valence-electron chi connectivity index (χ0n) is 15.2. The number of hydrogen-bond donors (Lipinski definition) is 1. The minimum Gasteiger partial charge on any atom is -0.490 e. The van der Waals surface area contributed by atoms with Gasteiger partial charge in [-0.05, 0) is 57.8 Å². The molecule has 136 valence electrons. The van der Waals surface area contributed by atoms with Gasteiger partial charge in [-0.15, -0.1) is 0 Å². The standard InChI is InChI=1S/C20H28N2O3/c1-3-24-18-6-4-5-16-13-17(14-25-19(16)18)20(23)22-11-8-15(9-12-22)7-10-21-2/h4-6,13,15,21H,3,7-12,14H2,1-2H3. The molecule has 3 rings (SSSR count). The third kappa shape index (κ3) is 4.15. The summed E-state index contributed by atoms with van der Waals surface area (Å²) >= 11 is 0. The molecule has 5 nitrogen and oxygen atoms in total. The van der Waals surface area contributed by atoms with E-state index in [9.17, 15) is 4.79 Å². The lowest BCUT2D eigenvalue weighted by Gasteiger charge is -2.33. The summed E-state index contributed by atoms with van der Waals surface area (Å²) in [6.45, 7) is 5.60. The van der Waals surface area contributed by atoms with E-state index in [0.29, 0.717) is 13.2 Å². The third-order valence-corrected chi connectivity index (χ3v) is 4.99. The first kappa shape index (κ1) is 17.8. The Bertz CT molecular complexity index is 634. The molecule has 0 radical (unpaired) electrons. The molecule has 0 atom stereocenters. The fourth-order valence-corrected chi connectivity index (χ4v) is 3.55. The molecule has 1 aromatic rings. The summed E-state index contributed by atoms with van der Waals surface area (Å²) in [4.78, 5) is 14.8. The van der Waals surface area contributed by atoms with Gasteiger partial charge in [0.15, 0.2) is 11.5 Å². The van der Waals surface area contributed by atoms with Crippen LogP contribution in [0.1, 0.15) is 31.7 Å². The van der Waals surface area contributed by atoms with Gasteiger partial charge in [0.2, 0.25) is 0 Å². The van der Waals surface area contributed by atoms with Crippen LogP contribution in [-0.4, -0.2) is 50.7 Å². The molecule has 0 bridgehead atoms. The second kappa shape index (κ2) is 8.39. The highest BCUT2D eigenvalue weighted by Crippen LogP contribution is 2.36. The Kier molecular flexibility index (Phi) is 5.97. The van der Waals surface area contributed by atoms with Crippen LogP contribution in [0.2, 0.25) is 0 Å². The molecule has 2 aliphatic heterocycles. The van der Waals surface area contributed by atoms with Crippen molar-refractivity contribution in [3.05, 3.63) is 29.3 Å². The minimum absolute atomic E-state index is 0.111. The number of benzene rings is 1. The average molecular weight is 344 g/mol. The van der Waals surface area contributed by atoms with E-state index in [-0.39, 0.29) is 5.91 Å². The van der Waals surface area contributed by atoms with Crippen LogP contribution in [0.15, 0.2) is 23.8 Å². The van der Waals surface area contributed by atoms with Crippen molar-refractivity contribution in [2.45, 2.75) is 26.2 Å². The number of carbonyl (C=O) groups is 1. The van der Waals surface area contributed by atoms with E-state index in [4.69, 9.17) is 9.47 Å². The highest BCUT2D eigenvalue weighted by Gasteiger charge is 2.27. The highest BCUT2D eigenvalue weighted by molar-refractivity contribution is 5.99. The maximum atomic E-state index is 12.8. The molecule has 0 spiro atoms. The molecule has 2 aliphatic rings. The van der Waals surface area contributed by atoms with Crippen LogP contribution in [0.3, 0.4) is 0 Å². The largest absolute Gasteiger partial charge is 0.490 e. The number of likely N-dealkylation sites (tertiary alicyclic amines) is 1. The van der Waals surface area contributed by atoms with Gasteiger partial charge in [0.05, 0.1) is 12.2 Å². The number of hydrogen-bond acceptors (Lipinski definition) is 4. The summed E-state index contributed by atoms with van der Waals surface area (Å²) in [5.41, 5.74) is 1.65. The third-order valence-electron chi connectivity index (χ3n) is 4.99. The molecule has 2 heterocycles. The first-order valence-corrected chi connectivity index (χ1v) is 9.26. The SMILES string of the molecule is CCOc1cccc2c1OCC(C(=O)N1CCC(CCNC)CC1)=C2. The topological polar surface area (TPSA) is 50.8 Å². The number of carbonyl (C=O) groups excluding carboxylic acids is 1. The van der Waals surface area contributed by atoms with Crippen LogP contribution in [0.4, 0.5) is 0 Å². The van der Waals surface area contributed by atoms with Gasteiger partial charge in [0.1, 0.15) is 6.61 Å². The van der Waals surface area contributed by atoms with Crippen molar-refractivity contribution >= 4 is 12.0 Å². The lowest BCUT2D eigenvalue weighted by atomic mass is 9.93. The molecule has 1 N–H and O–H groups in total. The summed E-state index contributed by atoms with van der Waals surface area (Å²) in [6.07, 6.45) is 5.33. The molecule has 0 saturated carbocycles. The van der Waals surface area contributed by atoms with E-state index in [0.717, 1.165) is 61.0 Å². The number of nitrogens with zero attached hydrogens (tertiary/aromatic N) is 1. The second-order valence-corrected chi connectivity index (χ2v) is 6.69. The van der Waals surface area contributed by atoms with Gasteiger partial charge in [0.25, 0.3) is 5.91 Å². The summed E-state index contributed by atoms with van der Waals surface area (Å²) in [7, 11) is 1.99. The Morgan fingerprint density at radius 3 is 2.88 bits per heavy atom. The molecule has 1 amide bonds. The molecule has 5 heteroatoms. The van der Waals surface area contributed by atoms with Crippen molar-refractivity contribution in [3.63, 3.8) is 0 Å². The Morgan fingerprint density at radius 1 is 1.36 bits per heavy atom. The Morgan fingerprint density at radius 2 is 2.16 bits per heavy atom. The van der Waals surface area contributed by atoms with Crippen LogP contribution >= 0.6 is 0 Å². The molecular weight excluding hydrogens is 316 g/mol. The number of piperidine rings is 1. The smallest absolute Gasteiger partial charge is 0.253 e. The fourth-order valence-electron chi connectivity index (χ4n) is 3.55. The molecule has 0 aliphatic carbocycles. The van der Waals surface area contributed by atoms with Gasteiger partial charge in [-0.25, -0.2) is 0 Å². The van der Waals surface area contributed by atoms with E-state index >= 15 is 0 Å². The molecule has 1 aromatic carbocycles. The predicted octanol–water partition coefficient (Wildman–Crippen LogP) is 2.71. The normalized spacial score (nSPS) is 17.5. The van der Waals surface area contributed by atoms with Crippen molar-refractivity contribution in [2.24, 2.45) is 5.92 Å². The number of rotatable bonds is 6. The minimum atomic E-state index is 0.111. The summed E-state index contributed by atoms with van der Waals surface area (Å²) in [5.74, 6) is 2.32. The predicted molar refractivity (Wildman–Crippen MR) is 98.9 cm³/mol. The lowest BCUT2D eigenvalue weighted by molar-refractivity contribution is -0.128. The first-order chi connectivity index (χ1) is 12.2. The highest BCUT2D eigenvalue weighted by atomic mass is 16.5. The monoisotopic (exact) mass is 344 g/mol. The van der Waals surface area contributed by atoms with Crippen LogP contribution in [0.25, 0.3) is 6.08 Å². The van der Waals surface area contributed by atoms with Gasteiger partial charge < -0.3 is 19.7 Å². The van der Waals surface area contributed by atoms with Crippen LogP contribution in [-0.2, 0) is 4.79 Å². The Hall–Kier alpha value is -2.01. The summed E-state index contributed by atoms with van der Waals surface area (Å²) in [5, 5.41) is 3.21. The quantitative estimate of drug-likeness (QED) is 0.862. The number of fused-ring (bicyclic) bond motifs is 1. The first-order valence-electron chi connectivity index (χ1n) is 9.26. The number of nitrogens with one attached hydrogen (secondary N) is 1. The summed E-state index contributed by atoms with van der Waals surface area (Å²) < 4.78 is 11.5. The van der Waals surface area contributed by atoms with Crippen molar-refractivity contribution in [1.82, 2.24) is 10.2 Å². The number of amides is 1. The van der Waals surface area contributed by atoms with Crippen LogP contribution < -0.4 is 14.8 Å². The number of ether oxygens (including phenoxy) is 2. The van der Waals surface area contributed by atoms with E-state index in [1.54, 1.807) is 0 Å². The maximum Gasteiger partial charge on any atom is 0.253 e. The van der Waals surface area contributed by atoms with Crippen molar-refractivity contribution in [1.29, 1.82) is 0 Å². The molecule has 1 saturated heterocycles. The van der Waals surface area contributed by atoms with E-state index in [1.165, 1.54) is 6.42 Å². The maximum absolute atomic E-state index is 12.8. The van der Waals surface area contributed by atoms with Crippen molar-refractivity contribution < 1.29 is 14.3 Å². The van der Waals surface area contributed by atoms with Crippen LogP contribution in [0, 0.1) is 5.92 Å². The molecule has 1 fully saturated rings. The Balaban J connectivity index is 1.65. The van der Waals surface area contributed by atoms with Gasteiger partial charge in [-0.3, -0.25) is 4.79 Å². The second-order valence-electron chi connectivity index (χ2n) is 6.69. The van der Waals surface area contributed by atoms with Crippen LogP contribution in [0.5, 0.6) is 11.5 Å². The Labute approximate surface area is 150 Å². The van der Waals surface area contributed by atoms with E-state index < -0.39 is 0 Å². The zero-order chi connectivity index (χ0) is 17.6. The van der Waals surface area contributed by atoms with Crippen molar-refractivity contribution in [3.8, 4) is 11.5 Å². The van der Waals surface area contributed by atoms with Gasteiger partial charge >= 0.3 is 0 Å². The number of para-hydroxylation sites is 1. The van der Waals surface area contributed by atoms with E-state index in [2.05, 4.69) is 5.32 Å². The molecule has 0 aromatic heterocycles. The fraction of sp³-hybridized carbons (Fsp3) is 0.550. The molecule has 25 heavy (non-hydrogen) atoms. The van der Waals surface area contributed by atoms with Gasteiger partial charge in [-0.2, -0.15) is 0 Å². The van der Waals surface area contributed by atoms with Crippen molar-refractivity contribution in [2.75, 3.05) is 39.9 Å².